The van der Waals surface area contributed by atoms with E-state index in [-0.39, 0.29) is 13.2 Å². The fraction of sp³-hybridized carbons (Fsp3) is 0.455. The summed E-state index contributed by atoms with van der Waals surface area (Å²) >= 11 is 0. The Balaban J connectivity index is 1.69. The van der Waals surface area contributed by atoms with Gasteiger partial charge in [0.15, 0.2) is 0 Å². The lowest BCUT2D eigenvalue weighted by molar-refractivity contribution is 0.00578. The van der Waals surface area contributed by atoms with Crippen LogP contribution in [0.2, 0.25) is 0 Å². The van der Waals surface area contributed by atoms with Gasteiger partial charge in [-0.15, -0.1) is 0 Å². The summed E-state index contributed by atoms with van der Waals surface area (Å²) in [5.41, 5.74) is 1.69. The van der Waals surface area contributed by atoms with Gasteiger partial charge in [-0.05, 0) is 45.7 Å². The second-order valence-electron chi connectivity index (χ2n) is 8.35. The van der Waals surface area contributed by atoms with Crippen molar-refractivity contribution in [3.05, 3.63) is 59.3 Å². The van der Waals surface area contributed by atoms with Gasteiger partial charge in [0, 0.05) is 24.8 Å². The van der Waals surface area contributed by atoms with E-state index >= 15 is 0 Å². The van der Waals surface area contributed by atoms with E-state index in [0.717, 1.165) is 23.1 Å². The van der Waals surface area contributed by atoms with Gasteiger partial charge in [-0.1, -0.05) is 36.4 Å². The predicted molar refractivity (Wildman–Crippen MR) is 117 cm³/mol. The lowest BCUT2D eigenvalue weighted by Gasteiger charge is -2.32. The molecule has 1 aliphatic heterocycles. The summed E-state index contributed by atoms with van der Waals surface area (Å²) in [5, 5.41) is 7.12. The first-order chi connectivity index (χ1) is 14.2. The first-order valence-corrected chi connectivity index (χ1v) is 10.2. The summed E-state index contributed by atoms with van der Waals surface area (Å²) < 4.78 is 19.5. The second kappa shape index (κ2) is 9.06. The molecule has 160 valence electrons. The van der Waals surface area contributed by atoms with E-state index in [1.165, 1.54) is 0 Å². The van der Waals surface area contributed by atoms with E-state index in [4.69, 9.17) is 14.0 Å². The number of nitrogens with zero attached hydrogens (tertiary/aromatic N) is 2. The number of carbonyl (C=O) groups is 1. The van der Waals surface area contributed by atoms with Gasteiger partial charge in [-0.25, -0.2) is 4.79 Å². The smallest absolute Gasteiger partial charge is 0.445 e. The molecule has 0 atom stereocenters. The van der Waals surface area contributed by atoms with Crippen molar-refractivity contribution in [3.63, 3.8) is 0 Å². The van der Waals surface area contributed by atoms with Gasteiger partial charge in [0.2, 0.25) is 0 Å². The lowest BCUT2D eigenvalue weighted by atomic mass is 9.77. The molecule has 0 saturated carbocycles. The average Bonchev–Trinajstić information content (AvgIpc) is 3.25. The van der Waals surface area contributed by atoms with Crippen LogP contribution in [0.3, 0.4) is 0 Å². The quantitative estimate of drug-likeness (QED) is 0.701. The van der Waals surface area contributed by atoms with Crippen LogP contribution in [-0.2, 0) is 27.2 Å². The summed E-state index contributed by atoms with van der Waals surface area (Å²) in [7, 11) is -0.575. The fourth-order valence-electron chi connectivity index (χ4n) is 2.99. The molecular formula is C22H30BN3O4. The summed E-state index contributed by atoms with van der Waals surface area (Å²) in [6.45, 7) is 11.3. The fourth-order valence-corrected chi connectivity index (χ4v) is 2.99. The summed E-state index contributed by atoms with van der Waals surface area (Å²) in [4.78, 5) is 12.2. The third-order valence-corrected chi connectivity index (χ3v) is 5.53. The summed E-state index contributed by atoms with van der Waals surface area (Å²) in [5.74, 6) is 0. The average molecular weight is 411 g/mol. The van der Waals surface area contributed by atoms with Crippen LogP contribution in [0.4, 0.5) is 4.79 Å². The molecule has 30 heavy (non-hydrogen) atoms. The molecule has 1 N–H and O–H groups in total. The maximum atomic E-state index is 12.2. The highest BCUT2D eigenvalue weighted by Crippen LogP contribution is 2.38. The number of carbonyl (C=O) groups excluding carboxylic acids is 1. The molecule has 7 nitrogen and oxygen atoms in total. The minimum atomic E-state index is -0.575. The third-order valence-electron chi connectivity index (χ3n) is 5.53. The second-order valence-corrected chi connectivity index (χ2v) is 8.35. The van der Waals surface area contributed by atoms with Gasteiger partial charge >= 0.3 is 13.2 Å². The van der Waals surface area contributed by atoms with Crippen LogP contribution in [0.25, 0.3) is 6.08 Å². The number of benzene rings is 1. The lowest BCUT2D eigenvalue weighted by Crippen LogP contribution is -2.41. The van der Waals surface area contributed by atoms with E-state index < -0.39 is 24.4 Å². The Hall–Kier alpha value is -2.58. The van der Waals surface area contributed by atoms with Crippen LogP contribution in [-0.4, -0.2) is 40.7 Å². The molecule has 1 aromatic carbocycles. The molecule has 2 aromatic rings. The van der Waals surface area contributed by atoms with Crippen molar-refractivity contribution >= 4 is 19.3 Å². The Morgan fingerprint density at radius 1 is 1.20 bits per heavy atom. The number of hydrogen-bond acceptors (Lipinski definition) is 5. The minimum absolute atomic E-state index is 0.214. The van der Waals surface area contributed by atoms with Crippen molar-refractivity contribution in [3.8, 4) is 0 Å². The van der Waals surface area contributed by atoms with Crippen LogP contribution in [0.5, 0.6) is 0 Å². The number of aryl methyl sites for hydroxylation is 1. The number of hydrogen-bond donors (Lipinski definition) is 1. The number of alkyl carbamates (subject to hydrolysis) is 1. The Morgan fingerprint density at radius 2 is 1.87 bits per heavy atom. The van der Waals surface area contributed by atoms with Gasteiger partial charge in [0.25, 0.3) is 0 Å². The van der Waals surface area contributed by atoms with Crippen molar-refractivity contribution < 1.29 is 18.8 Å². The van der Waals surface area contributed by atoms with Crippen LogP contribution >= 0.6 is 0 Å². The molecule has 1 aliphatic rings. The molecule has 2 heterocycles. The third kappa shape index (κ3) is 5.31. The van der Waals surface area contributed by atoms with E-state index in [1.54, 1.807) is 6.20 Å². The van der Waals surface area contributed by atoms with Crippen molar-refractivity contribution in [2.75, 3.05) is 6.54 Å². The Kier molecular flexibility index (Phi) is 6.68. The van der Waals surface area contributed by atoms with E-state index in [1.807, 2.05) is 81.9 Å². The zero-order chi connectivity index (χ0) is 21.8. The standard InChI is InChI=1S/C22H30BN3O4/c1-6-26-15-18(13-25-26)12-19(23-29-21(2,3)22(4,5)30-23)14-24-20(27)28-16-17-10-8-7-9-11-17/h7-13,15H,6,14,16H2,1-5H3,(H,24,27). The molecule has 8 heteroatoms. The van der Waals surface area contributed by atoms with E-state index in [2.05, 4.69) is 10.4 Å². The maximum absolute atomic E-state index is 12.2. The van der Waals surface area contributed by atoms with Crippen LogP contribution in [0.1, 0.15) is 45.7 Å². The van der Waals surface area contributed by atoms with E-state index in [9.17, 15) is 4.79 Å². The van der Waals surface area contributed by atoms with Crippen LogP contribution < -0.4 is 5.32 Å². The zero-order valence-electron chi connectivity index (χ0n) is 18.3. The highest BCUT2D eigenvalue weighted by Gasteiger charge is 2.52. The predicted octanol–water partition coefficient (Wildman–Crippen LogP) is 3.84. The van der Waals surface area contributed by atoms with Crippen molar-refractivity contribution in [1.82, 2.24) is 15.1 Å². The van der Waals surface area contributed by atoms with Crippen molar-refractivity contribution in [2.45, 2.75) is 59.0 Å². The Labute approximate surface area is 178 Å². The molecule has 1 saturated heterocycles. The number of nitrogens with one attached hydrogen (secondary N) is 1. The molecule has 0 aliphatic carbocycles. The summed E-state index contributed by atoms with van der Waals surface area (Å²) in [6, 6.07) is 9.56. The molecule has 0 spiro atoms. The maximum Gasteiger partial charge on any atom is 0.492 e. The zero-order valence-corrected chi connectivity index (χ0v) is 18.3. The minimum Gasteiger partial charge on any atom is -0.445 e. The molecule has 0 radical (unpaired) electrons. The van der Waals surface area contributed by atoms with Crippen LogP contribution in [0.15, 0.2) is 48.2 Å². The molecule has 1 aromatic heterocycles. The van der Waals surface area contributed by atoms with Gasteiger partial charge in [0.05, 0.1) is 17.4 Å². The molecule has 1 fully saturated rings. The van der Waals surface area contributed by atoms with Gasteiger partial charge in [-0.2, -0.15) is 5.10 Å². The SMILES string of the molecule is CCn1cc(C=C(CNC(=O)OCc2ccccc2)B2OC(C)(C)C(C)(C)O2)cn1. The number of aromatic nitrogens is 2. The highest BCUT2D eigenvalue weighted by molar-refractivity contribution is 6.56. The van der Waals surface area contributed by atoms with Crippen molar-refractivity contribution in [1.29, 1.82) is 0 Å². The van der Waals surface area contributed by atoms with Crippen LogP contribution in [0, 0.1) is 0 Å². The monoisotopic (exact) mass is 411 g/mol. The topological polar surface area (TPSA) is 74.6 Å². The Bertz CT molecular complexity index is 877. The number of rotatable bonds is 7. The normalized spacial score (nSPS) is 17.8. The molecule has 1 amide bonds. The Morgan fingerprint density at radius 3 is 2.47 bits per heavy atom. The molecule has 3 rings (SSSR count). The van der Waals surface area contributed by atoms with Gasteiger partial charge < -0.3 is 19.4 Å². The van der Waals surface area contributed by atoms with Crippen molar-refractivity contribution in [2.24, 2.45) is 0 Å². The van der Waals surface area contributed by atoms with Gasteiger partial charge in [-0.3, -0.25) is 4.68 Å². The number of ether oxygens (including phenoxy) is 1. The highest BCUT2D eigenvalue weighted by atomic mass is 16.7. The molecular weight excluding hydrogens is 381 g/mol. The molecule has 0 bridgehead atoms. The van der Waals surface area contributed by atoms with E-state index in [0.29, 0.717) is 0 Å². The first-order valence-electron chi connectivity index (χ1n) is 10.2. The number of amides is 1. The first kappa shape index (κ1) is 22.1. The molecule has 0 unspecified atom stereocenters. The van der Waals surface area contributed by atoms with Gasteiger partial charge in [0.1, 0.15) is 6.61 Å². The largest absolute Gasteiger partial charge is 0.492 e. The summed E-state index contributed by atoms with van der Waals surface area (Å²) in [6.07, 6.45) is 5.17.